The summed E-state index contributed by atoms with van der Waals surface area (Å²) in [5, 5.41) is 12.1. The van der Waals surface area contributed by atoms with Gasteiger partial charge in [0.05, 0.1) is 5.92 Å². The van der Waals surface area contributed by atoms with Crippen LogP contribution in [0, 0.1) is 5.92 Å². The first-order valence-corrected chi connectivity index (χ1v) is 5.96. The van der Waals surface area contributed by atoms with Gasteiger partial charge in [-0.1, -0.05) is 0 Å². The minimum atomic E-state index is 0.229. The first-order chi connectivity index (χ1) is 7.33. The number of amides is 1. The van der Waals surface area contributed by atoms with E-state index in [0.717, 1.165) is 45.3 Å². The lowest BCUT2D eigenvalue weighted by molar-refractivity contribution is -0.131. The summed E-state index contributed by atoms with van der Waals surface area (Å²) in [5.74, 6) is 0.554. The molecular formula is C11H20N2O2. The van der Waals surface area contributed by atoms with Gasteiger partial charge in [-0.15, -0.1) is 0 Å². The smallest absolute Gasteiger partial charge is 0.227 e. The van der Waals surface area contributed by atoms with Crippen molar-refractivity contribution in [2.75, 3.05) is 26.2 Å². The molecule has 15 heavy (non-hydrogen) atoms. The molecule has 86 valence electrons. The van der Waals surface area contributed by atoms with Gasteiger partial charge in [0.2, 0.25) is 5.91 Å². The third-order valence-corrected chi connectivity index (χ3v) is 3.47. The first kappa shape index (κ1) is 10.9. The number of nitrogens with zero attached hydrogens (tertiary/aromatic N) is 1. The largest absolute Gasteiger partial charge is 0.396 e. The minimum absolute atomic E-state index is 0.229. The molecule has 0 aromatic carbocycles. The highest BCUT2D eigenvalue weighted by Gasteiger charge is 2.40. The van der Waals surface area contributed by atoms with Crippen molar-refractivity contribution in [3.05, 3.63) is 0 Å². The van der Waals surface area contributed by atoms with E-state index in [-0.39, 0.29) is 12.5 Å². The molecule has 4 nitrogen and oxygen atoms in total. The Morgan fingerprint density at radius 2 is 2.33 bits per heavy atom. The SMILES string of the molecule is O=C1C2CCCNC2CN1CCCCO. The van der Waals surface area contributed by atoms with Crippen LogP contribution in [0.2, 0.25) is 0 Å². The van der Waals surface area contributed by atoms with E-state index in [1.165, 1.54) is 0 Å². The molecule has 0 aromatic heterocycles. The van der Waals surface area contributed by atoms with Gasteiger partial charge in [0, 0.05) is 25.7 Å². The van der Waals surface area contributed by atoms with E-state index >= 15 is 0 Å². The fourth-order valence-electron chi connectivity index (χ4n) is 2.62. The number of hydrogen-bond donors (Lipinski definition) is 2. The molecule has 1 amide bonds. The summed E-state index contributed by atoms with van der Waals surface area (Å²) in [6.07, 6.45) is 3.89. The summed E-state index contributed by atoms with van der Waals surface area (Å²) in [6.45, 7) is 2.97. The monoisotopic (exact) mass is 212 g/mol. The van der Waals surface area contributed by atoms with Crippen LogP contribution in [0.5, 0.6) is 0 Å². The average Bonchev–Trinajstić information content (AvgIpc) is 2.57. The first-order valence-electron chi connectivity index (χ1n) is 5.96. The van der Waals surface area contributed by atoms with Crippen molar-refractivity contribution < 1.29 is 9.90 Å². The van der Waals surface area contributed by atoms with Crippen molar-refractivity contribution in [1.29, 1.82) is 0 Å². The molecule has 0 aliphatic carbocycles. The fourth-order valence-corrected chi connectivity index (χ4v) is 2.62. The van der Waals surface area contributed by atoms with Crippen LogP contribution in [0.15, 0.2) is 0 Å². The van der Waals surface area contributed by atoms with Crippen LogP contribution in [-0.2, 0) is 4.79 Å². The van der Waals surface area contributed by atoms with Gasteiger partial charge in [-0.25, -0.2) is 0 Å². The number of unbranched alkanes of at least 4 members (excludes halogenated alkanes) is 1. The third kappa shape index (κ3) is 2.32. The van der Waals surface area contributed by atoms with Crippen LogP contribution < -0.4 is 5.32 Å². The summed E-state index contributed by atoms with van der Waals surface area (Å²) in [5.41, 5.74) is 0. The Bertz CT molecular complexity index is 233. The summed E-state index contributed by atoms with van der Waals surface area (Å²) < 4.78 is 0. The van der Waals surface area contributed by atoms with Gasteiger partial charge in [0.1, 0.15) is 0 Å². The third-order valence-electron chi connectivity index (χ3n) is 3.47. The van der Waals surface area contributed by atoms with Crippen LogP contribution in [0.25, 0.3) is 0 Å². The molecule has 2 unspecified atom stereocenters. The number of nitrogens with one attached hydrogen (secondary N) is 1. The number of likely N-dealkylation sites (tertiary alicyclic amines) is 1. The van der Waals surface area contributed by atoms with Crippen molar-refractivity contribution in [3.63, 3.8) is 0 Å². The number of aliphatic hydroxyl groups excluding tert-OH is 1. The zero-order valence-electron chi connectivity index (χ0n) is 9.11. The Balaban J connectivity index is 1.84. The van der Waals surface area contributed by atoms with Crippen molar-refractivity contribution in [2.24, 2.45) is 5.92 Å². The van der Waals surface area contributed by atoms with Gasteiger partial charge >= 0.3 is 0 Å². The second-order valence-corrected chi connectivity index (χ2v) is 4.52. The molecule has 0 aromatic rings. The molecule has 0 saturated carbocycles. The molecular weight excluding hydrogens is 192 g/mol. The van der Waals surface area contributed by atoms with E-state index in [0.29, 0.717) is 11.9 Å². The second kappa shape index (κ2) is 4.94. The quantitative estimate of drug-likeness (QED) is 0.643. The Morgan fingerprint density at radius 1 is 1.47 bits per heavy atom. The molecule has 2 N–H and O–H groups in total. The Kier molecular flexibility index (Phi) is 3.59. The molecule has 2 aliphatic rings. The van der Waals surface area contributed by atoms with Crippen LogP contribution in [-0.4, -0.2) is 48.2 Å². The number of aliphatic hydroxyl groups is 1. The maximum absolute atomic E-state index is 12.0. The van der Waals surface area contributed by atoms with Crippen molar-refractivity contribution >= 4 is 5.91 Å². The Hall–Kier alpha value is -0.610. The van der Waals surface area contributed by atoms with Gasteiger partial charge in [-0.2, -0.15) is 0 Å². The molecule has 2 heterocycles. The highest BCUT2D eigenvalue weighted by Crippen LogP contribution is 2.26. The molecule has 2 rings (SSSR count). The van der Waals surface area contributed by atoms with E-state index in [1.807, 2.05) is 4.90 Å². The molecule has 2 fully saturated rings. The summed E-state index contributed by atoms with van der Waals surface area (Å²) in [6, 6.07) is 0.389. The molecule has 0 bridgehead atoms. The fraction of sp³-hybridized carbons (Fsp3) is 0.909. The van der Waals surface area contributed by atoms with E-state index in [4.69, 9.17) is 5.11 Å². The van der Waals surface area contributed by atoms with Crippen molar-refractivity contribution in [3.8, 4) is 0 Å². The van der Waals surface area contributed by atoms with E-state index in [9.17, 15) is 4.79 Å². The van der Waals surface area contributed by atoms with Gasteiger partial charge in [-0.05, 0) is 32.2 Å². The standard InChI is InChI=1S/C11H20N2O2/c14-7-2-1-6-13-8-10-9(11(13)15)4-3-5-12-10/h9-10,12,14H,1-8H2. The number of hydrogen-bond acceptors (Lipinski definition) is 3. The molecule has 0 spiro atoms. The highest BCUT2D eigenvalue weighted by molar-refractivity contribution is 5.82. The van der Waals surface area contributed by atoms with Crippen LogP contribution >= 0.6 is 0 Å². The van der Waals surface area contributed by atoms with Gasteiger partial charge in [0.25, 0.3) is 0 Å². The number of rotatable bonds is 4. The number of piperidine rings is 1. The predicted octanol–water partition coefficient (Wildman–Crippen LogP) is -0.0307. The number of carbonyl (C=O) groups is 1. The zero-order valence-corrected chi connectivity index (χ0v) is 9.11. The molecule has 4 heteroatoms. The van der Waals surface area contributed by atoms with Crippen molar-refractivity contribution in [2.45, 2.75) is 31.7 Å². The zero-order chi connectivity index (χ0) is 10.7. The van der Waals surface area contributed by atoms with Crippen molar-refractivity contribution in [1.82, 2.24) is 10.2 Å². The topological polar surface area (TPSA) is 52.6 Å². The maximum Gasteiger partial charge on any atom is 0.227 e. The molecule has 2 atom stereocenters. The predicted molar refractivity (Wildman–Crippen MR) is 57.4 cm³/mol. The highest BCUT2D eigenvalue weighted by atomic mass is 16.3. The summed E-state index contributed by atoms with van der Waals surface area (Å²) >= 11 is 0. The number of carbonyl (C=O) groups excluding carboxylic acids is 1. The lowest BCUT2D eigenvalue weighted by Crippen LogP contribution is -2.41. The average molecular weight is 212 g/mol. The van der Waals surface area contributed by atoms with Gasteiger partial charge in [0.15, 0.2) is 0 Å². The maximum atomic E-state index is 12.0. The Labute approximate surface area is 90.6 Å². The number of fused-ring (bicyclic) bond motifs is 1. The van der Waals surface area contributed by atoms with Gasteiger partial charge < -0.3 is 15.3 Å². The lowest BCUT2D eigenvalue weighted by Gasteiger charge is -2.23. The van der Waals surface area contributed by atoms with E-state index < -0.39 is 0 Å². The van der Waals surface area contributed by atoms with E-state index in [2.05, 4.69) is 5.32 Å². The molecule has 0 radical (unpaired) electrons. The summed E-state index contributed by atoms with van der Waals surface area (Å²) in [4.78, 5) is 13.9. The van der Waals surface area contributed by atoms with Gasteiger partial charge in [-0.3, -0.25) is 4.79 Å². The second-order valence-electron chi connectivity index (χ2n) is 4.52. The summed E-state index contributed by atoms with van der Waals surface area (Å²) in [7, 11) is 0. The normalized spacial score (nSPS) is 30.7. The minimum Gasteiger partial charge on any atom is -0.396 e. The van der Waals surface area contributed by atoms with Crippen LogP contribution in [0.4, 0.5) is 0 Å². The molecule has 2 saturated heterocycles. The lowest BCUT2D eigenvalue weighted by atomic mass is 9.94. The van der Waals surface area contributed by atoms with Crippen LogP contribution in [0.3, 0.4) is 0 Å². The van der Waals surface area contributed by atoms with Crippen LogP contribution in [0.1, 0.15) is 25.7 Å². The Morgan fingerprint density at radius 3 is 3.07 bits per heavy atom. The van der Waals surface area contributed by atoms with E-state index in [1.54, 1.807) is 0 Å². The molecule has 2 aliphatic heterocycles.